The van der Waals surface area contributed by atoms with E-state index in [2.05, 4.69) is 50.6 Å². The maximum atomic E-state index is 13.1. The van der Waals surface area contributed by atoms with Gasteiger partial charge in [0, 0.05) is 12.1 Å². The Morgan fingerprint density at radius 3 is 2.38 bits per heavy atom. The second kappa shape index (κ2) is 13.3. The number of nitrogens with zero attached hydrogens (tertiary/aromatic N) is 3. The SMILES string of the molecule is Cc1cc(Nc2ncc(Cl)c(Nc3ccccc3S(=O)(=O)C(C)C)n2)c(OC(C)C)cc1C1=C[C@H](C2CC2)N(C2COC2)[C@H](C2CC2)C1. The van der Waals surface area contributed by atoms with Gasteiger partial charge in [0.05, 0.1) is 53.1 Å². The smallest absolute Gasteiger partial charge is 0.229 e. The molecule has 256 valence electrons. The molecule has 0 spiro atoms. The molecular formula is C37H46ClN5O4S. The number of hydrogen-bond acceptors (Lipinski definition) is 9. The van der Waals surface area contributed by atoms with Gasteiger partial charge >= 0.3 is 0 Å². The average Bonchev–Trinajstić information content (AvgIpc) is 3.94. The number of sulfone groups is 1. The maximum Gasteiger partial charge on any atom is 0.229 e. The molecule has 3 heterocycles. The van der Waals surface area contributed by atoms with Gasteiger partial charge in [-0.05, 0) is 120 Å². The molecule has 1 aromatic heterocycles. The summed E-state index contributed by atoms with van der Waals surface area (Å²) in [6.07, 6.45) is 10.3. The minimum Gasteiger partial charge on any atom is -0.489 e. The quantitative estimate of drug-likeness (QED) is 0.196. The highest BCUT2D eigenvalue weighted by Crippen LogP contribution is 2.50. The minimum atomic E-state index is -3.54. The van der Waals surface area contributed by atoms with E-state index in [1.54, 1.807) is 38.1 Å². The standard InChI is InChI=1S/C37H46ClN5O4S/c1-21(2)47-34-17-28(26-15-32(24-10-11-24)43(27-19-46-20-27)33(16-26)25-12-13-25)23(5)14-31(34)41-37-39-18-29(38)36(42-37)40-30-8-6-7-9-35(30)48(44,45)22(3)4/h6-9,14-15,17-18,21-22,24-25,27,32-33H,10-13,16,19-20H2,1-5H3,(H2,39,40,41,42)/t32-,33+/m1/s1. The van der Waals surface area contributed by atoms with Crippen molar-refractivity contribution in [1.29, 1.82) is 0 Å². The van der Waals surface area contributed by atoms with E-state index in [4.69, 9.17) is 21.1 Å². The summed E-state index contributed by atoms with van der Waals surface area (Å²) in [7, 11) is -3.54. The zero-order valence-electron chi connectivity index (χ0n) is 28.4. The van der Waals surface area contributed by atoms with E-state index in [0.717, 1.165) is 48.5 Å². The Labute approximate surface area is 289 Å². The van der Waals surface area contributed by atoms with Gasteiger partial charge in [0.25, 0.3) is 0 Å². The first-order valence-electron chi connectivity index (χ1n) is 17.3. The first kappa shape index (κ1) is 33.3. The van der Waals surface area contributed by atoms with Crippen molar-refractivity contribution in [1.82, 2.24) is 14.9 Å². The zero-order valence-corrected chi connectivity index (χ0v) is 29.9. The number of benzene rings is 2. The number of aryl methyl sites for hydroxylation is 1. The zero-order chi connectivity index (χ0) is 33.7. The molecule has 11 heteroatoms. The maximum absolute atomic E-state index is 13.1. The summed E-state index contributed by atoms with van der Waals surface area (Å²) in [5.41, 5.74) is 4.97. The van der Waals surface area contributed by atoms with Crippen LogP contribution in [-0.4, -0.2) is 66.0 Å². The highest BCUT2D eigenvalue weighted by molar-refractivity contribution is 7.92. The third kappa shape index (κ3) is 6.82. The van der Waals surface area contributed by atoms with Crippen molar-refractivity contribution in [2.45, 2.75) is 101 Å². The normalized spacial score (nSPS) is 22.0. The third-order valence-electron chi connectivity index (χ3n) is 9.93. The van der Waals surface area contributed by atoms with Crippen molar-refractivity contribution < 1.29 is 17.9 Å². The fraction of sp³-hybridized carbons (Fsp3) is 0.514. The number of rotatable bonds is 12. The van der Waals surface area contributed by atoms with Crippen LogP contribution in [-0.2, 0) is 14.6 Å². The van der Waals surface area contributed by atoms with E-state index in [9.17, 15) is 8.42 Å². The summed E-state index contributed by atoms with van der Waals surface area (Å²) in [5, 5.41) is 6.20. The van der Waals surface area contributed by atoms with Gasteiger partial charge in [-0.1, -0.05) is 29.8 Å². The van der Waals surface area contributed by atoms with Crippen LogP contribution in [0.15, 0.2) is 53.6 Å². The molecule has 48 heavy (non-hydrogen) atoms. The number of aromatic nitrogens is 2. The van der Waals surface area contributed by atoms with Gasteiger partial charge in [0.2, 0.25) is 5.95 Å². The van der Waals surface area contributed by atoms with E-state index in [1.165, 1.54) is 43.0 Å². The molecule has 9 nitrogen and oxygen atoms in total. The number of anilines is 4. The van der Waals surface area contributed by atoms with Crippen molar-refractivity contribution in [2.24, 2.45) is 11.8 Å². The monoisotopic (exact) mass is 691 g/mol. The lowest BCUT2D eigenvalue weighted by atomic mass is 9.84. The average molecular weight is 692 g/mol. The van der Waals surface area contributed by atoms with Crippen LogP contribution in [0.5, 0.6) is 5.75 Å². The number of ether oxygens (including phenoxy) is 2. The molecule has 3 aromatic rings. The van der Waals surface area contributed by atoms with Gasteiger partial charge < -0.3 is 20.1 Å². The summed E-state index contributed by atoms with van der Waals surface area (Å²) in [5.74, 6) is 2.84. The lowest BCUT2D eigenvalue weighted by Gasteiger charge is -2.49. The molecule has 3 fully saturated rings. The molecule has 0 unspecified atom stereocenters. The van der Waals surface area contributed by atoms with Crippen molar-refractivity contribution in [3.05, 3.63) is 64.8 Å². The van der Waals surface area contributed by atoms with E-state index < -0.39 is 15.1 Å². The molecule has 7 rings (SSSR count). The number of para-hydroxylation sites is 1. The molecule has 2 aliphatic carbocycles. The van der Waals surface area contributed by atoms with Crippen LogP contribution in [0.25, 0.3) is 5.57 Å². The van der Waals surface area contributed by atoms with Crippen molar-refractivity contribution in [2.75, 3.05) is 23.8 Å². The first-order valence-corrected chi connectivity index (χ1v) is 19.2. The minimum absolute atomic E-state index is 0.0447. The van der Waals surface area contributed by atoms with E-state index in [0.29, 0.717) is 35.6 Å². The van der Waals surface area contributed by atoms with Crippen molar-refractivity contribution in [3.8, 4) is 5.75 Å². The predicted octanol–water partition coefficient (Wildman–Crippen LogP) is 7.94. The van der Waals surface area contributed by atoms with Gasteiger partial charge in [0.1, 0.15) is 10.8 Å². The highest BCUT2D eigenvalue weighted by atomic mass is 35.5. The van der Waals surface area contributed by atoms with E-state index in [1.807, 2.05) is 13.8 Å². The summed E-state index contributed by atoms with van der Waals surface area (Å²) in [4.78, 5) is 12.1. The molecule has 2 aromatic carbocycles. The largest absolute Gasteiger partial charge is 0.489 e. The van der Waals surface area contributed by atoms with Crippen LogP contribution in [0.2, 0.25) is 5.02 Å². The summed E-state index contributed by atoms with van der Waals surface area (Å²) >= 11 is 6.52. The van der Waals surface area contributed by atoms with E-state index in [-0.39, 0.29) is 16.0 Å². The van der Waals surface area contributed by atoms with Crippen LogP contribution >= 0.6 is 11.6 Å². The fourth-order valence-electron chi connectivity index (χ4n) is 7.05. The Balaban J connectivity index is 1.20. The molecule has 2 N–H and O–H groups in total. The van der Waals surface area contributed by atoms with Gasteiger partial charge in [0.15, 0.2) is 15.7 Å². The molecule has 2 aliphatic heterocycles. The van der Waals surface area contributed by atoms with Crippen LogP contribution in [0.3, 0.4) is 0 Å². The second-order valence-corrected chi connectivity index (χ2v) is 17.2. The Morgan fingerprint density at radius 2 is 1.73 bits per heavy atom. The van der Waals surface area contributed by atoms with Crippen molar-refractivity contribution in [3.63, 3.8) is 0 Å². The lowest BCUT2D eigenvalue weighted by molar-refractivity contribution is -0.0963. The number of hydrogen-bond donors (Lipinski definition) is 2. The van der Waals surface area contributed by atoms with Gasteiger partial charge in [-0.2, -0.15) is 4.98 Å². The Bertz CT molecular complexity index is 1820. The van der Waals surface area contributed by atoms with Crippen molar-refractivity contribution >= 4 is 50.2 Å². The highest BCUT2D eigenvalue weighted by Gasteiger charge is 2.49. The van der Waals surface area contributed by atoms with Gasteiger partial charge in [-0.15, -0.1) is 0 Å². The second-order valence-electron chi connectivity index (χ2n) is 14.3. The molecule has 0 amide bonds. The topological polar surface area (TPSA) is 106 Å². The molecular weight excluding hydrogens is 646 g/mol. The molecule has 1 saturated heterocycles. The first-order chi connectivity index (χ1) is 23.0. The Kier molecular flexibility index (Phi) is 9.21. The molecule has 2 saturated carbocycles. The van der Waals surface area contributed by atoms with Crippen LogP contribution in [0.4, 0.5) is 23.1 Å². The molecule has 0 bridgehead atoms. The molecule has 0 radical (unpaired) electrons. The predicted molar refractivity (Wildman–Crippen MR) is 191 cm³/mol. The molecule has 2 atom stereocenters. The third-order valence-corrected chi connectivity index (χ3v) is 12.4. The van der Waals surface area contributed by atoms with Crippen LogP contribution < -0.4 is 15.4 Å². The summed E-state index contributed by atoms with van der Waals surface area (Å²) in [6, 6.07) is 12.6. The Morgan fingerprint density at radius 1 is 1.00 bits per heavy atom. The molecule has 4 aliphatic rings. The van der Waals surface area contributed by atoms with Gasteiger partial charge in [-0.25, -0.2) is 13.4 Å². The number of halogens is 1. The fourth-order valence-corrected chi connectivity index (χ4v) is 8.39. The number of nitrogens with one attached hydrogen (secondary N) is 2. The lowest BCUT2D eigenvalue weighted by Crippen LogP contribution is -2.59. The van der Waals surface area contributed by atoms with Gasteiger partial charge in [-0.3, -0.25) is 4.90 Å². The summed E-state index contributed by atoms with van der Waals surface area (Å²) in [6.45, 7) is 11.2. The van der Waals surface area contributed by atoms with E-state index >= 15 is 0 Å². The Hall–Kier alpha value is -3.18. The van der Waals surface area contributed by atoms with Crippen LogP contribution in [0, 0.1) is 18.8 Å². The summed E-state index contributed by atoms with van der Waals surface area (Å²) < 4.78 is 38.2. The van der Waals surface area contributed by atoms with Crippen LogP contribution in [0.1, 0.15) is 70.9 Å².